The van der Waals surface area contributed by atoms with Crippen molar-refractivity contribution in [3.63, 3.8) is 0 Å². The molecule has 1 aliphatic rings. The van der Waals surface area contributed by atoms with Crippen LogP contribution < -0.4 is 10.6 Å². The minimum atomic E-state index is 0.0909. The molecule has 2 N–H and O–H groups in total. The average molecular weight is 199 g/mol. The van der Waals surface area contributed by atoms with Gasteiger partial charge in [0, 0.05) is 19.1 Å². The number of likely N-dealkylation sites (N-methyl/N-ethyl adjacent to an activating group) is 2. The molecule has 0 aliphatic carbocycles. The fourth-order valence-electron chi connectivity index (χ4n) is 1.85. The van der Waals surface area contributed by atoms with E-state index >= 15 is 0 Å². The van der Waals surface area contributed by atoms with E-state index in [9.17, 15) is 4.79 Å². The van der Waals surface area contributed by atoms with Gasteiger partial charge in [-0.3, -0.25) is 4.79 Å². The fourth-order valence-corrected chi connectivity index (χ4v) is 1.85. The predicted octanol–water partition coefficient (Wildman–Crippen LogP) is -0.194. The zero-order valence-electron chi connectivity index (χ0n) is 9.18. The van der Waals surface area contributed by atoms with E-state index < -0.39 is 0 Å². The first-order valence-corrected chi connectivity index (χ1v) is 5.41. The van der Waals surface area contributed by atoms with Crippen molar-refractivity contribution in [3.8, 4) is 0 Å². The van der Waals surface area contributed by atoms with Crippen LogP contribution in [0.1, 0.15) is 19.8 Å². The quantitative estimate of drug-likeness (QED) is 0.645. The molecule has 1 rings (SSSR count). The Morgan fingerprint density at radius 2 is 2.36 bits per heavy atom. The van der Waals surface area contributed by atoms with Crippen LogP contribution in [0.5, 0.6) is 0 Å². The number of carbonyl (C=O) groups excluding carboxylic acids is 1. The smallest absolute Gasteiger partial charge is 0.233 e. The summed E-state index contributed by atoms with van der Waals surface area (Å²) in [7, 11) is 2.14. The summed E-state index contributed by atoms with van der Waals surface area (Å²) in [6.45, 7) is 5.20. The third-order valence-electron chi connectivity index (χ3n) is 2.71. The third-order valence-corrected chi connectivity index (χ3v) is 2.71. The summed E-state index contributed by atoms with van der Waals surface area (Å²) in [6, 6.07) is 0.615. The summed E-state index contributed by atoms with van der Waals surface area (Å²) in [4.78, 5) is 13.5. The molecular weight excluding hydrogens is 178 g/mol. The molecule has 0 bridgehead atoms. The highest BCUT2D eigenvalue weighted by Gasteiger charge is 2.19. The van der Waals surface area contributed by atoms with Crippen molar-refractivity contribution in [3.05, 3.63) is 0 Å². The van der Waals surface area contributed by atoms with Gasteiger partial charge in [-0.15, -0.1) is 0 Å². The molecule has 14 heavy (non-hydrogen) atoms. The molecular formula is C10H21N3O. The molecule has 1 atom stereocenters. The predicted molar refractivity (Wildman–Crippen MR) is 57.2 cm³/mol. The second-order valence-electron chi connectivity index (χ2n) is 3.86. The molecule has 1 aliphatic heterocycles. The van der Waals surface area contributed by atoms with Crippen LogP contribution in [0.15, 0.2) is 0 Å². The Morgan fingerprint density at radius 3 is 2.93 bits per heavy atom. The standard InChI is InChI=1S/C10H21N3O/c1-3-12-10(14)8-11-7-9-5-4-6-13(9)2/h9,11H,3-8H2,1-2H3,(H,12,14). The van der Waals surface area contributed by atoms with Crippen LogP contribution >= 0.6 is 0 Å². The van der Waals surface area contributed by atoms with E-state index in [1.807, 2.05) is 6.92 Å². The first-order valence-electron chi connectivity index (χ1n) is 5.41. The maximum Gasteiger partial charge on any atom is 0.233 e. The minimum absolute atomic E-state index is 0.0909. The molecule has 1 fully saturated rings. The molecule has 82 valence electrons. The van der Waals surface area contributed by atoms with Crippen LogP contribution in [0.4, 0.5) is 0 Å². The lowest BCUT2D eigenvalue weighted by Crippen LogP contribution is -2.40. The second-order valence-corrected chi connectivity index (χ2v) is 3.86. The van der Waals surface area contributed by atoms with Crippen LogP contribution in [0, 0.1) is 0 Å². The molecule has 0 saturated carbocycles. The Hall–Kier alpha value is -0.610. The highest BCUT2D eigenvalue weighted by molar-refractivity contribution is 5.77. The Kier molecular flexibility index (Phi) is 4.90. The number of amides is 1. The third kappa shape index (κ3) is 3.64. The molecule has 1 heterocycles. The van der Waals surface area contributed by atoms with Crippen molar-refractivity contribution in [1.82, 2.24) is 15.5 Å². The molecule has 4 heteroatoms. The Balaban J connectivity index is 2.06. The van der Waals surface area contributed by atoms with Gasteiger partial charge < -0.3 is 15.5 Å². The van der Waals surface area contributed by atoms with Crippen LogP contribution in [0.2, 0.25) is 0 Å². The topological polar surface area (TPSA) is 44.4 Å². The largest absolute Gasteiger partial charge is 0.355 e. The van der Waals surface area contributed by atoms with Gasteiger partial charge in [-0.1, -0.05) is 0 Å². The number of hydrogen-bond donors (Lipinski definition) is 2. The van der Waals surface area contributed by atoms with Gasteiger partial charge in [-0.05, 0) is 33.4 Å². The Labute approximate surface area is 86.0 Å². The summed E-state index contributed by atoms with van der Waals surface area (Å²) < 4.78 is 0. The maximum atomic E-state index is 11.1. The molecule has 0 spiro atoms. The maximum absolute atomic E-state index is 11.1. The highest BCUT2D eigenvalue weighted by atomic mass is 16.1. The normalized spacial score (nSPS) is 22.6. The number of likely N-dealkylation sites (tertiary alicyclic amines) is 1. The van der Waals surface area contributed by atoms with E-state index in [1.165, 1.54) is 19.4 Å². The molecule has 0 radical (unpaired) electrons. The monoisotopic (exact) mass is 199 g/mol. The number of carbonyl (C=O) groups is 1. The second kappa shape index (κ2) is 5.98. The van der Waals surface area contributed by atoms with E-state index in [0.29, 0.717) is 19.1 Å². The van der Waals surface area contributed by atoms with Gasteiger partial charge in [-0.25, -0.2) is 0 Å². The number of nitrogens with zero attached hydrogens (tertiary/aromatic N) is 1. The Bertz CT molecular complexity index is 184. The summed E-state index contributed by atoms with van der Waals surface area (Å²) >= 11 is 0. The summed E-state index contributed by atoms with van der Waals surface area (Å²) in [5.74, 6) is 0.0909. The van der Waals surface area contributed by atoms with Crippen LogP contribution in [-0.4, -0.2) is 50.1 Å². The number of nitrogens with one attached hydrogen (secondary N) is 2. The van der Waals surface area contributed by atoms with Crippen LogP contribution in [0.3, 0.4) is 0 Å². The molecule has 0 aromatic heterocycles. The van der Waals surface area contributed by atoms with E-state index in [-0.39, 0.29) is 5.91 Å². The Morgan fingerprint density at radius 1 is 1.57 bits per heavy atom. The first-order chi connectivity index (χ1) is 6.74. The van der Waals surface area contributed by atoms with Crippen LogP contribution in [0.25, 0.3) is 0 Å². The van der Waals surface area contributed by atoms with Gasteiger partial charge in [0.2, 0.25) is 5.91 Å². The van der Waals surface area contributed by atoms with Crippen molar-refractivity contribution in [1.29, 1.82) is 0 Å². The first kappa shape index (κ1) is 11.5. The van der Waals surface area contributed by atoms with Gasteiger partial charge in [0.15, 0.2) is 0 Å². The molecule has 1 amide bonds. The van der Waals surface area contributed by atoms with Crippen LogP contribution in [-0.2, 0) is 4.79 Å². The number of hydrogen-bond acceptors (Lipinski definition) is 3. The van der Waals surface area contributed by atoms with Gasteiger partial charge in [0.1, 0.15) is 0 Å². The lowest BCUT2D eigenvalue weighted by atomic mass is 10.2. The SMILES string of the molecule is CCNC(=O)CNCC1CCCN1C. The van der Waals surface area contributed by atoms with E-state index in [4.69, 9.17) is 0 Å². The molecule has 4 nitrogen and oxygen atoms in total. The van der Waals surface area contributed by atoms with Crippen molar-refractivity contribution in [2.45, 2.75) is 25.8 Å². The minimum Gasteiger partial charge on any atom is -0.355 e. The van der Waals surface area contributed by atoms with Crippen molar-refractivity contribution in [2.24, 2.45) is 0 Å². The lowest BCUT2D eigenvalue weighted by Gasteiger charge is -2.19. The zero-order chi connectivity index (χ0) is 10.4. The summed E-state index contributed by atoms with van der Waals surface area (Å²) in [6.07, 6.45) is 2.53. The van der Waals surface area contributed by atoms with Crippen molar-refractivity contribution < 1.29 is 4.79 Å². The average Bonchev–Trinajstić information content (AvgIpc) is 2.52. The molecule has 1 saturated heterocycles. The van der Waals surface area contributed by atoms with E-state index in [0.717, 1.165) is 6.54 Å². The summed E-state index contributed by atoms with van der Waals surface area (Å²) in [5, 5.41) is 5.96. The lowest BCUT2D eigenvalue weighted by molar-refractivity contribution is -0.120. The van der Waals surface area contributed by atoms with E-state index in [1.54, 1.807) is 0 Å². The summed E-state index contributed by atoms with van der Waals surface area (Å²) in [5.41, 5.74) is 0. The fraction of sp³-hybridized carbons (Fsp3) is 0.900. The van der Waals surface area contributed by atoms with Gasteiger partial charge in [0.05, 0.1) is 6.54 Å². The van der Waals surface area contributed by atoms with Gasteiger partial charge >= 0.3 is 0 Å². The zero-order valence-corrected chi connectivity index (χ0v) is 9.18. The highest BCUT2D eigenvalue weighted by Crippen LogP contribution is 2.13. The molecule has 0 aromatic rings. The van der Waals surface area contributed by atoms with Crippen molar-refractivity contribution in [2.75, 3.05) is 33.2 Å². The molecule has 1 unspecified atom stereocenters. The van der Waals surface area contributed by atoms with Gasteiger partial charge in [0.25, 0.3) is 0 Å². The van der Waals surface area contributed by atoms with E-state index in [2.05, 4.69) is 22.6 Å². The van der Waals surface area contributed by atoms with Gasteiger partial charge in [-0.2, -0.15) is 0 Å². The molecule has 0 aromatic carbocycles. The van der Waals surface area contributed by atoms with Crippen molar-refractivity contribution >= 4 is 5.91 Å². The number of rotatable bonds is 5.